The van der Waals surface area contributed by atoms with Gasteiger partial charge in [0, 0.05) is 16.0 Å². The fraction of sp³-hybridized carbons (Fsp3) is 0.500. The molecule has 0 aliphatic carbocycles. The number of halogens is 2. The Bertz CT molecular complexity index is 414. The molecule has 1 rings (SSSR count). The van der Waals surface area contributed by atoms with Crippen molar-refractivity contribution >= 4 is 45.2 Å². The van der Waals surface area contributed by atoms with Crippen molar-refractivity contribution in [1.29, 1.82) is 0 Å². The molecule has 0 bridgehead atoms. The number of hydrogen-bond donors (Lipinski definition) is 1. The van der Waals surface area contributed by atoms with Gasteiger partial charge in [-0.1, -0.05) is 24.4 Å². The fourth-order valence-electron chi connectivity index (χ4n) is 1.69. The van der Waals surface area contributed by atoms with Crippen LogP contribution in [0.2, 0.25) is 5.02 Å². The van der Waals surface area contributed by atoms with Crippen molar-refractivity contribution in [2.45, 2.75) is 25.7 Å². The first kappa shape index (κ1) is 16.9. The van der Waals surface area contributed by atoms with Crippen molar-refractivity contribution in [3.8, 4) is 0 Å². The van der Waals surface area contributed by atoms with E-state index in [-0.39, 0.29) is 5.91 Å². The van der Waals surface area contributed by atoms with Crippen LogP contribution in [0.15, 0.2) is 22.7 Å². The maximum Gasteiger partial charge on any atom is 0.252 e. The largest absolute Gasteiger partial charge is 0.352 e. The maximum absolute atomic E-state index is 11.9. The van der Waals surface area contributed by atoms with E-state index in [1.165, 1.54) is 18.6 Å². The zero-order valence-electron chi connectivity index (χ0n) is 11.0. The third-order valence-corrected chi connectivity index (χ3v) is 4.36. The lowest BCUT2D eigenvalue weighted by atomic mass is 10.2. The van der Waals surface area contributed by atoms with E-state index in [1.807, 2.05) is 11.8 Å². The fourth-order valence-corrected chi connectivity index (χ4v) is 2.79. The number of unbranched alkanes of at least 4 members (excludes halogenated alkanes) is 3. The number of amides is 1. The number of hydrogen-bond acceptors (Lipinski definition) is 2. The summed E-state index contributed by atoms with van der Waals surface area (Å²) >= 11 is 11.1. The quantitative estimate of drug-likeness (QED) is 0.674. The van der Waals surface area contributed by atoms with E-state index >= 15 is 0 Å². The van der Waals surface area contributed by atoms with E-state index in [0.29, 0.717) is 10.6 Å². The summed E-state index contributed by atoms with van der Waals surface area (Å²) in [6, 6.07) is 5.23. The number of carbonyl (C=O) groups is 1. The molecule has 1 aromatic rings. The molecule has 0 heterocycles. The van der Waals surface area contributed by atoms with Gasteiger partial charge in [-0.05, 0) is 59.0 Å². The Morgan fingerprint density at radius 1 is 1.32 bits per heavy atom. The van der Waals surface area contributed by atoms with Crippen LogP contribution in [0.4, 0.5) is 0 Å². The van der Waals surface area contributed by atoms with Crippen LogP contribution in [-0.2, 0) is 0 Å². The van der Waals surface area contributed by atoms with Gasteiger partial charge in [-0.15, -0.1) is 0 Å². The van der Waals surface area contributed by atoms with Gasteiger partial charge in [0.15, 0.2) is 0 Å². The topological polar surface area (TPSA) is 29.1 Å². The standard InChI is InChI=1S/C14H19BrClNOS/c1-19-9-5-3-2-4-8-17-14(18)12-10-11(16)6-7-13(12)15/h6-7,10H,2-5,8-9H2,1H3,(H,17,18). The zero-order valence-corrected chi connectivity index (χ0v) is 14.2. The minimum Gasteiger partial charge on any atom is -0.352 e. The van der Waals surface area contributed by atoms with Crippen LogP contribution in [0, 0.1) is 0 Å². The average Bonchev–Trinajstić information content (AvgIpc) is 2.40. The number of carbonyl (C=O) groups excluding carboxylic acids is 1. The van der Waals surface area contributed by atoms with E-state index in [2.05, 4.69) is 27.5 Å². The highest BCUT2D eigenvalue weighted by Crippen LogP contribution is 2.21. The second-order valence-corrected chi connectivity index (χ2v) is 6.56. The summed E-state index contributed by atoms with van der Waals surface area (Å²) in [5, 5.41) is 3.50. The highest BCUT2D eigenvalue weighted by atomic mass is 79.9. The zero-order chi connectivity index (χ0) is 14.1. The molecule has 2 nitrogen and oxygen atoms in total. The van der Waals surface area contributed by atoms with Gasteiger partial charge in [-0.25, -0.2) is 0 Å². The van der Waals surface area contributed by atoms with E-state index < -0.39 is 0 Å². The molecule has 0 aliphatic heterocycles. The number of benzene rings is 1. The summed E-state index contributed by atoms with van der Waals surface area (Å²) in [5.41, 5.74) is 0.592. The van der Waals surface area contributed by atoms with Crippen LogP contribution < -0.4 is 5.32 Å². The third-order valence-electron chi connectivity index (χ3n) is 2.73. The predicted molar refractivity (Wildman–Crippen MR) is 88.3 cm³/mol. The molecule has 0 spiro atoms. The predicted octanol–water partition coefficient (Wildman–Crippen LogP) is 4.76. The Kier molecular flexibility index (Phi) is 8.58. The van der Waals surface area contributed by atoms with Crippen LogP contribution in [0.5, 0.6) is 0 Å². The maximum atomic E-state index is 11.9. The van der Waals surface area contributed by atoms with Gasteiger partial charge in [-0.3, -0.25) is 4.79 Å². The molecular formula is C14H19BrClNOS. The summed E-state index contributed by atoms with van der Waals surface area (Å²) in [4.78, 5) is 11.9. The summed E-state index contributed by atoms with van der Waals surface area (Å²) in [6.07, 6.45) is 6.81. The molecule has 0 unspecified atom stereocenters. The Morgan fingerprint density at radius 3 is 2.79 bits per heavy atom. The second kappa shape index (κ2) is 9.67. The summed E-state index contributed by atoms with van der Waals surface area (Å²) < 4.78 is 0.773. The van der Waals surface area contributed by atoms with Crippen LogP contribution >= 0.6 is 39.3 Å². The molecule has 0 saturated carbocycles. The first-order chi connectivity index (χ1) is 9.15. The Balaban J connectivity index is 2.26. The third kappa shape index (κ3) is 6.68. The highest BCUT2D eigenvalue weighted by molar-refractivity contribution is 9.10. The van der Waals surface area contributed by atoms with Crippen molar-refractivity contribution < 1.29 is 4.79 Å². The SMILES string of the molecule is CSCCCCCCNC(=O)c1cc(Cl)ccc1Br. The lowest BCUT2D eigenvalue weighted by Gasteiger charge is -2.07. The number of rotatable bonds is 8. The number of nitrogens with one attached hydrogen (secondary N) is 1. The van der Waals surface area contributed by atoms with Gasteiger partial charge in [0.2, 0.25) is 0 Å². The van der Waals surface area contributed by atoms with Crippen LogP contribution in [0.1, 0.15) is 36.0 Å². The van der Waals surface area contributed by atoms with Gasteiger partial charge >= 0.3 is 0 Å². The molecule has 5 heteroatoms. The normalized spacial score (nSPS) is 10.5. The summed E-state index contributed by atoms with van der Waals surface area (Å²) in [7, 11) is 0. The summed E-state index contributed by atoms with van der Waals surface area (Å²) in [5.74, 6) is 1.15. The van der Waals surface area contributed by atoms with Gasteiger partial charge in [0.25, 0.3) is 5.91 Å². The van der Waals surface area contributed by atoms with E-state index in [0.717, 1.165) is 23.9 Å². The van der Waals surface area contributed by atoms with Gasteiger partial charge in [-0.2, -0.15) is 11.8 Å². The van der Waals surface area contributed by atoms with Crippen molar-refractivity contribution in [1.82, 2.24) is 5.32 Å². The average molecular weight is 365 g/mol. The molecular weight excluding hydrogens is 346 g/mol. The molecule has 1 aromatic carbocycles. The van der Waals surface area contributed by atoms with Crippen molar-refractivity contribution in [3.63, 3.8) is 0 Å². The van der Waals surface area contributed by atoms with E-state index in [1.54, 1.807) is 18.2 Å². The van der Waals surface area contributed by atoms with Gasteiger partial charge < -0.3 is 5.32 Å². The van der Waals surface area contributed by atoms with Crippen LogP contribution in [-0.4, -0.2) is 24.5 Å². The van der Waals surface area contributed by atoms with Gasteiger partial charge in [0.1, 0.15) is 0 Å². The molecule has 106 valence electrons. The molecule has 19 heavy (non-hydrogen) atoms. The smallest absolute Gasteiger partial charge is 0.252 e. The van der Waals surface area contributed by atoms with E-state index in [9.17, 15) is 4.79 Å². The van der Waals surface area contributed by atoms with Gasteiger partial charge in [0.05, 0.1) is 5.56 Å². The minimum absolute atomic E-state index is 0.0708. The number of thioether (sulfide) groups is 1. The van der Waals surface area contributed by atoms with Crippen molar-refractivity contribution in [3.05, 3.63) is 33.3 Å². The Labute approximate surface area is 132 Å². The lowest BCUT2D eigenvalue weighted by Crippen LogP contribution is -2.24. The molecule has 0 aliphatic rings. The van der Waals surface area contributed by atoms with Crippen LogP contribution in [0.3, 0.4) is 0 Å². The first-order valence-corrected chi connectivity index (χ1v) is 8.94. The Hall–Kier alpha value is -0.190. The van der Waals surface area contributed by atoms with Crippen molar-refractivity contribution in [2.24, 2.45) is 0 Å². The second-order valence-electron chi connectivity index (χ2n) is 4.29. The van der Waals surface area contributed by atoms with Crippen LogP contribution in [0.25, 0.3) is 0 Å². The monoisotopic (exact) mass is 363 g/mol. The minimum atomic E-state index is -0.0708. The molecule has 0 atom stereocenters. The first-order valence-electron chi connectivity index (χ1n) is 6.37. The molecule has 1 N–H and O–H groups in total. The Morgan fingerprint density at radius 2 is 2.05 bits per heavy atom. The lowest BCUT2D eigenvalue weighted by molar-refractivity contribution is 0.0952. The molecule has 0 fully saturated rings. The molecule has 1 amide bonds. The molecule has 0 saturated heterocycles. The molecule has 0 radical (unpaired) electrons. The van der Waals surface area contributed by atoms with E-state index in [4.69, 9.17) is 11.6 Å². The molecule has 0 aromatic heterocycles. The highest BCUT2D eigenvalue weighted by Gasteiger charge is 2.09. The van der Waals surface area contributed by atoms with Crippen molar-refractivity contribution in [2.75, 3.05) is 18.6 Å². The summed E-state index contributed by atoms with van der Waals surface area (Å²) in [6.45, 7) is 0.719.